The van der Waals surface area contributed by atoms with Gasteiger partial charge in [-0.25, -0.2) is 9.69 Å². The van der Waals surface area contributed by atoms with Crippen molar-refractivity contribution in [1.29, 1.82) is 0 Å². The van der Waals surface area contributed by atoms with Gasteiger partial charge in [0.2, 0.25) is 17.6 Å². The number of carbonyl (C=O) groups is 4. The maximum Gasteiger partial charge on any atom is 0.340 e. The molecule has 1 saturated carbocycles. The van der Waals surface area contributed by atoms with E-state index in [1.807, 2.05) is 0 Å². The van der Waals surface area contributed by atoms with E-state index in [-0.39, 0.29) is 44.0 Å². The second kappa shape index (κ2) is 9.75. The molecule has 2 aliphatic rings. The van der Waals surface area contributed by atoms with Gasteiger partial charge in [0, 0.05) is 27.4 Å². The number of para-hydroxylation sites is 1. The zero-order chi connectivity index (χ0) is 24.6. The zero-order valence-corrected chi connectivity index (χ0v) is 20.7. The lowest BCUT2D eigenvalue weighted by molar-refractivity contribution is -0.384. The van der Waals surface area contributed by atoms with Crippen LogP contribution in [0.15, 0.2) is 48.5 Å². The number of ketones is 1. The fourth-order valence-electron chi connectivity index (χ4n) is 4.26. The summed E-state index contributed by atoms with van der Waals surface area (Å²) in [5.74, 6) is -3.21. The normalized spacial score (nSPS) is 24.0. The van der Waals surface area contributed by atoms with Crippen molar-refractivity contribution in [3.63, 3.8) is 0 Å². The van der Waals surface area contributed by atoms with Crippen molar-refractivity contribution < 1.29 is 28.8 Å². The summed E-state index contributed by atoms with van der Waals surface area (Å²) < 4.78 is 5.15. The monoisotopic (exact) mass is 592 g/mol. The van der Waals surface area contributed by atoms with Gasteiger partial charge in [-0.1, -0.05) is 56.1 Å². The molecule has 4 rings (SSSR count). The Morgan fingerprint density at radius 1 is 1.00 bits per heavy atom. The molecule has 0 bridgehead atoms. The minimum Gasteiger partial charge on any atom is -0.454 e. The Hall–Kier alpha value is -2.92. The number of non-ortho nitro benzene ring substituents is 1. The van der Waals surface area contributed by atoms with Gasteiger partial charge in [0.05, 0.1) is 28.0 Å². The second-order valence-corrected chi connectivity index (χ2v) is 10.4. The number of anilines is 1. The molecule has 1 saturated heterocycles. The van der Waals surface area contributed by atoms with Crippen LogP contribution in [0.2, 0.25) is 0 Å². The first-order valence-corrected chi connectivity index (χ1v) is 12.2. The third kappa shape index (κ3) is 4.54. The molecule has 0 N–H and O–H groups in total. The van der Waals surface area contributed by atoms with Gasteiger partial charge in [-0.15, -0.1) is 0 Å². The van der Waals surface area contributed by atoms with E-state index < -0.39 is 35.1 Å². The molecule has 34 heavy (non-hydrogen) atoms. The van der Waals surface area contributed by atoms with Crippen molar-refractivity contribution in [2.24, 2.45) is 11.8 Å². The van der Waals surface area contributed by atoms with Gasteiger partial charge in [-0.2, -0.15) is 0 Å². The summed E-state index contributed by atoms with van der Waals surface area (Å²) in [6.07, 6.45) is 0.984. The van der Waals surface area contributed by atoms with Gasteiger partial charge in [-0.3, -0.25) is 24.5 Å². The number of nitrogens with zero attached hydrogens (tertiary/aromatic N) is 2. The number of benzene rings is 2. The van der Waals surface area contributed by atoms with E-state index in [0.29, 0.717) is 12.8 Å². The molecule has 1 heterocycles. The summed E-state index contributed by atoms with van der Waals surface area (Å²) in [4.78, 5) is 62.9. The molecule has 1 aliphatic carbocycles. The number of nitro groups is 1. The number of amides is 2. The van der Waals surface area contributed by atoms with E-state index in [2.05, 4.69) is 31.9 Å². The molecule has 1 aliphatic heterocycles. The van der Waals surface area contributed by atoms with Crippen molar-refractivity contribution in [2.75, 3.05) is 11.5 Å². The van der Waals surface area contributed by atoms with E-state index >= 15 is 0 Å². The number of esters is 1. The first-order valence-electron chi connectivity index (χ1n) is 10.4. The number of hydrogen-bond acceptors (Lipinski definition) is 7. The third-order valence-corrected chi connectivity index (χ3v) is 8.72. The Morgan fingerprint density at radius 3 is 2.24 bits per heavy atom. The molecule has 176 valence electrons. The van der Waals surface area contributed by atoms with Gasteiger partial charge in [0.1, 0.15) is 0 Å². The lowest BCUT2D eigenvalue weighted by Gasteiger charge is -2.29. The van der Waals surface area contributed by atoms with E-state index in [9.17, 15) is 29.3 Å². The molecular weight excluding hydrogens is 576 g/mol. The highest BCUT2D eigenvalue weighted by Crippen LogP contribution is 2.44. The highest BCUT2D eigenvalue weighted by molar-refractivity contribution is 9.12. The first-order chi connectivity index (χ1) is 16.2. The number of imide groups is 1. The molecule has 2 aromatic carbocycles. The number of hydrogen-bond donors (Lipinski definition) is 0. The summed E-state index contributed by atoms with van der Waals surface area (Å²) in [5, 5.41) is 10.9. The summed E-state index contributed by atoms with van der Waals surface area (Å²) in [7, 11) is 0. The predicted molar refractivity (Wildman–Crippen MR) is 128 cm³/mol. The van der Waals surface area contributed by atoms with Crippen molar-refractivity contribution >= 4 is 66.8 Å². The lowest BCUT2D eigenvalue weighted by Crippen LogP contribution is -2.34. The van der Waals surface area contributed by atoms with E-state index in [1.54, 1.807) is 12.1 Å². The largest absolute Gasteiger partial charge is 0.454 e. The summed E-state index contributed by atoms with van der Waals surface area (Å²) in [5.41, 5.74) is -0.151. The molecule has 9 nitrogen and oxygen atoms in total. The number of alkyl halides is 2. The van der Waals surface area contributed by atoms with Gasteiger partial charge in [0.25, 0.3) is 5.69 Å². The van der Waals surface area contributed by atoms with Crippen molar-refractivity contribution in [1.82, 2.24) is 0 Å². The van der Waals surface area contributed by atoms with Gasteiger partial charge in [-0.05, 0) is 25.0 Å². The van der Waals surface area contributed by atoms with Crippen LogP contribution in [0.5, 0.6) is 0 Å². The fraction of sp³-hybridized carbons (Fsp3) is 0.304. The zero-order valence-electron chi connectivity index (χ0n) is 17.6. The molecule has 0 radical (unpaired) electrons. The van der Waals surface area contributed by atoms with Gasteiger partial charge in [0.15, 0.2) is 6.61 Å². The maximum atomic E-state index is 13.1. The average molecular weight is 594 g/mol. The van der Waals surface area contributed by atoms with Crippen LogP contribution >= 0.6 is 31.9 Å². The molecule has 2 fully saturated rings. The van der Waals surface area contributed by atoms with Crippen molar-refractivity contribution in [2.45, 2.75) is 22.5 Å². The Kier molecular flexibility index (Phi) is 6.94. The summed E-state index contributed by atoms with van der Waals surface area (Å²) >= 11 is 7.09. The highest BCUT2D eigenvalue weighted by Gasteiger charge is 2.52. The van der Waals surface area contributed by atoms with Crippen LogP contribution in [0.25, 0.3) is 0 Å². The Morgan fingerprint density at radius 2 is 1.62 bits per heavy atom. The van der Waals surface area contributed by atoms with Gasteiger partial charge < -0.3 is 4.74 Å². The quantitative estimate of drug-likeness (QED) is 0.123. The van der Waals surface area contributed by atoms with E-state index in [1.165, 1.54) is 30.3 Å². The standard InChI is InChI=1S/C23H18Br2N2O7/c24-17-9-15-16(10-18(17)25)22(30)26(21(15)29)19-7-2-1-6-14(19)23(31)34-11-20(28)12-4-3-5-13(8-12)27(32)33/h1-8,15-18H,9-11H2/t15-,16+,17-,18-/m0/s1. The fourth-order valence-corrected chi connectivity index (χ4v) is 5.50. The molecule has 4 atom stereocenters. The summed E-state index contributed by atoms with van der Waals surface area (Å²) in [6, 6.07) is 11.2. The summed E-state index contributed by atoms with van der Waals surface area (Å²) in [6.45, 7) is -0.655. The first kappa shape index (κ1) is 24.2. The van der Waals surface area contributed by atoms with Crippen LogP contribution in [0.1, 0.15) is 33.6 Å². The van der Waals surface area contributed by atoms with Crippen molar-refractivity contribution in [3.05, 3.63) is 69.8 Å². The Balaban J connectivity index is 1.52. The minimum atomic E-state index is -0.887. The molecule has 0 unspecified atom stereocenters. The molecule has 11 heteroatoms. The minimum absolute atomic E-state index is 0.0258. The molecule has 0 spiro atoms. The van der Waals surface area contributed by atoms with Crippen LogP contribution in [-0.2, 0) is 14.3 Å². The van der Waals surface area contributed by atoms with E-state index in [4.69, 9.17) is 4.74 Å². The van der Waals surface area contributed by atoms with Crippen LogP contribution in [0, 0.1) is 22.0 Å². The van der Waals surface area contributed by atoms with Gasteiger partial charge >= 0.3 is 5.97 Å². The second-order valence-electron chi connectivity index (χ2n) is 8.05. The average Bonchev–Trinajstić information content (AvgIpc) is 3.06. The third-order valence-electron chi connectivity index (χ3n) is 5.99. The maximum absolute atomic E-state index is 13.1. The molecular formula is C23H18Br2N2O7. The topological polar surface area (TPSA) is 124 Å². The van der Waals surface area contributed by atoms with Crippen LogP contribution < -0.4 is 4.90 Å². The lowest BCUT2D eigenvalue weighted by atomic mass is 9.81. The Labute approximate surface area is 210 Å². The van der Waals surface area contributed by atoms with E-state index in [0.717, 1.165) is 11.0 Å². The number of ether oxygens (including phenoxy) is 1. The van der Waals surface area contributed by atoms with Crippen molar-refractivity contribution in [3.8, 4) is 0 Å². The predicted octanol–water partition coefficient (Wildman–Crippen LogP) is 4.06. The van der Waals surface area contributed by atoms with Crippen LogP contribution in [0.4, 0.5) is 11.4 Å². The Bertz CT molecular complexity index is 1170. The number of fused-ring (bicyclic) bond motifs is 1. The number of Topliss-reactive ketones (excluding diaryl/α,β-unsaturated/α-hetero) is 1. The molecule has 2 aromatic rings. The SMILES string of the molecule is O=C(COC(=O)c1ccccc1N1C(=O)[C@H]2C[C@H](Br)[C@@H](Br)C[C@H]2C1=O)c1cccc([N+](=O)[O-])c1. The highest BCUT2D eigenvalue weighted by atomic mass is 79.9. The van der Waals surface area contributed by atoms with Crippen LogP contribution in [-0.4, -0.2) is 44.8 Å². The number of halogens is 2. The number of rotatable bonds is 6. The van der Waals surface area contributed by atoms with Crippen LogP contribution in [0.3, 0.4) is 0 Å². The molecule has 2 amide bonds. The molecule has 0 aromatic heterocycles. The number of carbonyl (C=O) groups excluding carboxylic acids is 4. The number of nitro benzene ring substituents is 1. The smallest absolute Gasteiger partial charge is 0.340 e.